The van der Waals surface area contributed by atoms with Crippen LogP contribution in [0.3, 0.4) is 0 Å². The van der Waals surface area contributed by atoms with Crippen LogP contribution in [0.2, 0.25) is 0 Å². The van der Waals surface area contributed by atoms with Crippen LogP contribution in [0.1, 0.15) is 50.4 Å². The van der Waals surface area contributed by atoms with E-state index in [1.54, 1.807) is 18.2 Å². The zero-order valence-electron chi connectivity index (χ0n) is 15.3. The molecule has 1 heterocycles. The molecule has 0 saturated carbocycles. The third-order valence-electron chi connectivity index (χ3n) is 4.33. The van der Waals surface area contributed by atoms with Gasteiger partial charge in [0.2, 0.25) is 5.91 Å². The molecule has 1 fully saturated rings. The molecule has 1 aliphatic heterocycles. The van der Waals surface area contributed by atoms with Crippen LogP contribution in [-0.2, 0) is 4.79 Å². The van der Waals surface area contributed by atoms with E-state index in [4.69, 9.17) is 9.47 Å². The van der Waals surface area contributed by atoms with Crippen molar-refractivity contribution in [1.29, 1.82) is 0 Å². The van der Waals surface area contributed by atoms with E-state index >= 15 is 0 Å². The van der Waals surface area contributed by atoms with Crippen LogP contribution < -0.4 is 14.8 Å². The van der Waals surface area contributed by atoms with Crippen molar-refractivity contribution in [2.75, 3.05) is 26.3 Å². The summed E-state index contributed by atoms with van der Waals surface area (Å²) in [7, 11) is 0. The van der Waals surface area contributed by atoms with Crippen LogP contribution in [0.5, 0.6) is 11.5 Å². The van der Waals surface area contributed by atoms with E-state index in [2.05, 4.69) is 12.2 Å². The van der Waals surface area contributed by atoms with Gasteiger partial charge in [-0.15, -0.1) is 0 Å². The van der Waals surface area contributed by atoms with Gasteiger partial charge in [-0.2, -0.15) is 0 Å². The molecule has 6 nitrogen and oxygen atoms in total. The third kappa shape index (κ3) is 5.11. The fraction of sp³-hybridized carbons (Fsp3) is 0.579. The highest BCUT2D eigenvalue weighted by Crippen LogP contribution is 2.28. The SMILES string of the molecule is CCOc1ccc(C(=O)NCC(=O)N2CCCCC2C)cc1OCC. The molecule has 25 heavy (non-hydrogen) atoms. The molecule has 0 bridgehead atoms. The number of nitrogens with zero attached hydrogens (tertiary/aromatic N) is 1. The number of nitrogens with one attached hydrogen (secondary N) is 1. The van der Waals surface area contributed by atoms with E-state index < -0.39 is 0 Å². The van der Waals surface area contributed by atoms with Crippen molar-refractivity contribution in [2.24, 2.45) is 0 Å². The van der Waals surface area contributed by atoms with Crippen LogP contribution >= 0.6 is 0 Å². The number of hydrogen-bond donors (Lipinski definition) is 1. The van der Waals surface area contributed by atoms with E-state index in [1.807, 2.05) is 18.7 Å². The Kier molecular flexibility index (Phi) is 7.10. The molecule has 1 saturated heterocycles. The molecule has 1 aromatic rings. The molecule has 2 amide bonds. The van der Waals surface area contributed by atoms with Crippen molar-refractivity contribution >= 4 is 11.8 Å². The maximum absolute atomic E-state index is 12.4. The van der Waals surface area contributed by atoms with E-state index in [9.17, 15) is 9.59 Å². The van der Waals surface area contributed by atoms with E-state index in [-0.39, 0.29) is 24.4 Å². The number of piperidine rings is 1. The van der Waals surface area contributed by atoms with E-state index in [1.165, 1.54) is 0 Å². The summed E-state index contributed by atoms with van der Waals surface area (Å²) in [5.74, 6) is 0.825. The molecule has 0 aliphatic carbocycles. The van der Waals surface area contributed by atoms with Crippen LogP contribution in [0.25, 0.3) is 0 Å². The second-order valence-corrected chi connectivity index (χ2v) is 6.14. The smallest absolute Gasteiger partial charge is 0.251 e. The Morgan fingerprint density at radius 3 is 2.56 bits per heavy atom. The van der Waals surface area contributed by atoms with Crippen molar-refractivity contribution in [2.45, 2.75) is 46.1 Å². The van der Waals surface area contributed by atoms with Crippen molar-refractivity contribution in [1.82, 2.24) is 10.2 Å². The van der Waals surface area contributed by atoms with Crippen molar-refractivity contribution in [3.05, 3.63) is 23.8 Å². The van der Waals surface area contributed by atoms with Gasteiger partial charge in [0.1, 0.15) is 0 Å². The zero-order chi connectivity index (χ0) is 18.2. The number of benzene rings is 1. The van der Waals surface area contributed by atoms with Gasteiger partial charge in [0, 0.05) is 18.2 Å². The molecule has 0 radical (unpaired) electrons. The zero-order valence-corrected chi connectivity index (χ0v) is 15.3. The monoisotopic (exact) mass is 348 g/mol. The number of rotatable bonds is 7. The number of carbonyl (C=O) groups is 2. The topological polar surface area (TPSA) is 67.9 Å². The van der Waals surface area contributed by atoms with Crippen LogP contribution in [0, 0.1) is 0 Å². The molecule has 1 unspecified atom stereocenters. The normalized spacial score (nSPS) is 17.1. The van der Waals surface area contributed by atoms with Crippen molar-refractivity contribution in [3.8, 4) is 11.5 Å². The molecule has 1 atom stereocenters. The summed E-state index contributed by atoms with van der Waals surface area (Å²) in [5, 5.41) is 2.71. The molecular weight excluding hydrogens is 320 g/mol. The standard InChI is InChI=1S/C19H28N2O4/c1-4-24-16-10-9-15(12-17(16)25-5-2)19(23)20-13-18(22)21-11-7-6-8-14(21)3/h9-10,12,14H,4-8,11,13H2,1-3H3,(H,20,23). The Labute approximate surface area is 149 Å². The van der Waals surface area contributed by atoms with Crippen molar-refractivity contribution in [3.63, 3.8) is 0 Å². The van der Waals surface area contributed by atoms with Gasteiger partial charge < -0.3 is 19.7 Å². The van der Waals surface area contributed by atoms with Crippen LogP contribution in [-0.4, -0.2) is 49.1 Å². The number of hydrogen-bond acceptors (Lipinski definition) is 4. The van der Waals surface area contributed by atoms with E-state index in [0.29, 0.717) is 30.3 Å². The maximum atomic E-state index is 12.4. The Hall–Kier alpha value is -2.24. The fourth-order valence-electron chi connectivity index (χ4n) is 3.02. The molecule has 0 spiro atoms. The summed E-state index contributed by atoms with van der Waals surface area (Å²) in [6, 6.07) is 5.29. The lowest BCUT2D eigenvalue weighted by molar-refractivity contribution is -0.133. The highest BCUT2D eigenvalue weighted by molar-refractivity contribution is 5.97. The molecule has 1 aromatic carbocycles. The lowest BCUT2D eigenvalue weighted by atomic mass is 10.0. The van der Waals surface area contributed by atoms with Gasteiger partial charge >= 0.3 is 0 Å². The van der Waals surface area contributed by atoms with Gasteiger partial charge in [0.15, 0.2) is 11.5 Å². The summed E-state index contributed by atoms with van der Waals surface area (Å²) in [6.07, 6.45) is 3.21. The Morgan fingerprint density at radius 2 is 1.88 bits per heavy atom. The first-order valence-corrected chi connectivity index (χ1v) is 9.04. The lowest BCUT2D eigenvalue weighted by Crippen LogP contribution is -2.46. The van der Waals surface area contributed by atoms with Gasteiger partial charge in [0.05, 0.1) is 19.8 Å². The van der Waals surface area contributed by atoms with Gasteiger partial charge in [-0.05, 0) is 58.2 Å². The summed E-state index contributed by atoms with van der Waals surface area (Å²) in [5.41, 5.74) is 0.450. The number of carbonyl (C=O) groups excluding carboxylic acids is 2. The first-order valence-electron chi connectivity index (χ1n) is 9.04. The van der Waals surface area contributed by atoms with Crippen molar-refractivity contribution < 1.29 is 19.1 Å². The molecule has 0 aromatic heterocycles. The summed E-state index contributed by atoms with van der Waals surface area (Å²) < 4.78 is 11.0. The largest absolute Gasteiger partial charge is 0.490 e. The van der Waals surface area contributed by atoms with Gasteiger partial charge in [-0.1, -0.05) is 0 Å². The van der Waals surface area contributed by atoms with Crippen LogP contribution in [0.15, 0.2) is 18.2 Å². The minimum atomic E-state index is -0.290. The number of amides is 2. The molecular formula is C19H28N2O4. The minimum Gasteiger partial charge on any atom is -0.490 e. The second-order valence-electron chi connectivity index (χ2n) is 6.14. The van der Waals surface area contributed by atoms with Gasteiger partial charge in [-0.3, -0.25) is 9.59 Å². The first-order chi connectivity index (χ1) is 12.1. The Balaban J connectivity index is 1.97. The Morgan fingerprint density at radius 1 is 1.16 bits per heavy atom. The molecule has 138 valence electrons. The minimum absolute atomic E-state index is 0.0142. The molecule has 2 rings (SSSR count). The van der Waals surface area contributed by atoms with E-state index in [0.717, 1.165) is 25.8 Å². The van der Waals surface area contributed by atoms with Gasteiger partial charge in [0.25, 0.3) is 5.91 Å². The molecule has 6 heteroatoms. The summed E-state index contributed by atoms with van der Waals surface area (Å²) >= 11 is 0. The third-order valence-corrected chi connectivity index (χ3v) is 4.33. The summed E-state index contributed by atoms with van der Waals surface area (Å²) in [4.78, 5) is 26.5. The Bertz CT molecular complexity index is 603. The molecule has 1 aliphatic rings. The molecule has 1 N–H and O–H groups in total. The predicted molar refractivity (Wildman–Crippen MR) is 96.1 cm³/mol. The quantitative estimate of drug-likeness (QED) is 0.822. The average molecular weight is 348 g/mol. The fourth-order valence-corrected chi connectivity index (χ4v) is 3.02. The lowest BCUT2D eigenvalue weighted by Gasteiger charge is -2.33. The first kappa shape index (κ1) is 19.1. The van der Waals surface area contributed by atoms with Crippen LogP contribution in [0.4, 0.5) is 0 Å². The highest BCUT2D eigenvalue weighted by Gasteiger charge is 2.23. The predicted octanol–water partition coefficient (Wildman–Crippen LogP) is 2.61. The maximum Gasteiger partial charge on any atom is 0.251 e. The number of likely N-dealkylation sites (tertiary alicyclic amines) is 1. The summed E-state index contributed by atoms with van der Waals surface area (Å²) in [6.45, 7) is 7.61. The second kappa shape index (κ2) is 9.30. The number of ether oxygens (including phenoxy) is 2. The highest BCUT2D eigenvalue weighted by atomic mass is 16.5. The average Bonchev–Trinajstić information content (AvgIpc) is 2.61. The van der Waals surface area contributed by atoms with Gasteiger partial charge in [-0.25, -0.2) is 0 Å².